The first-order valence-electron chi connectivity index (χ1n) is 12.0. The van der Waals surface area contributed by atoms with E-state index >= 15 is 0 Å². The van der Waals surface area contributed by atoms with Crippen LogP contribution in [0.1, 0.15) is 40.5 Å². The van der Waals surface area contributed by atoms with Crippen molar-refractivity contribution in [3.05, 3.63) is 129 Å². The van der Waals surface area contributed by atoms with Gasteiger partial charge in [0.1, 0.15) is 0 Å². The Labute approximate surface area is 221 Å². The van der Waals surface area contributed by atoms with Gasteiger partial charge in [0.05, 0.1) is 23.8 Å². The maximum atomic E-state index is 13.4. The number of rotatable bonds is 4. The summed E-state index contributed by atoms with van der Waals surface area (Å²) >= 11 is 2.24. The summed E-state index contributed by atoms with van der Waals surface area (Å²) in [6.45, 7) is 2.21. The number of hydrogen-bond donors (Lipinski definition) is 0. The fraction of sp³-hybridized carbons (Fsp3) is 0.233. The molecule has 3 atom stereocenters. The fourth-order valence-corrected chi connectivity index (χ4v) is 6.12. The van der Waals surface area contributed by atoms with Gasteiger partial charge < -0.3 is 0 Å². The Hall–Kier alpha value is -2.74. The van der Waals surface area contributed by atoms with E-state index in [2.05, 4.69) is 126 Å². The summed E-state index contributed by atoms with van der Waals surface area (Å²) in [5, 5.41) is 0. The van der Waals surface area contributed by atoms with Crippen molar-refractivity contribution >= 4 is 28.5 Å². The highest BCUT2D eigenvalue weighted by molar-refractivity contribution is 14.1. The molecule has 0 spiro atoms. The second-order valence-electron chi connectivity index (χ2n) is 9.37. The third-order valence-corrected chi connectivity index (χ3v) is 8.16. The van der Waals surface area contributed by atoms with Crippen molar-refractivity contribution in [2.24, 2.45) is 5.92 Å². The van der Waals surface area contributed by atoms with Gasteiger partial charge in [0.2, 0.25) is 0 Å². The molecule has 2 heterocycles. The number of likely N-dealkylation sites (N-methyl/N-ethyl adjacent to an activating group) is 2. The summed E-state index contributed by atoms with van der Waals surface area (Å²) in [6, 6.07) is 29.6. The van der Waals surface area contributed by atoms with Gasteiger partial charge in [-0.1, -0.05) is 85.8 Å². The number of hydrogen-bond acceptors (Lipinski definition) is 3. The molecule has 0 N–H and O–H groups in total. The van der Waals surface area contributed by atoms with Crippen LogP contribution in [0.15, 0.2) is 109 Å². The zero-order valence-electron chi connectivity index (χ0n) is 20.3. The summed E-state index contributed by atoms with van der Waals surface area (Å²) in [7, 11) is 4.42. The molecule has 0 saturated carbocycles. The molecule has 3 aromatic rings. The largest absolute Gasteiger partial charge is 0.291 e. The van der Waals surface area contributed by atoms with Gasteiger partial charge in [0, 0.05) is 21.9 Å². The molecular formula is C30H30IN3O. The van der Waals surface area contributed by atoms with Crippen molar-refractivity contribution in [3.8, 4) is 0 Å². The van der Waals surface area contributed by atoms with E-state index in [-0.39, 0.29) is 30.1 Å². The lowest BCUT2D eigenvalue weighted by molar-refractivity contribution is 0.0860. The van der Waals surface area contributed by atoms with Crippen molar-refractivity contribution in [1.82, 2.24) is 14.7 Å². The second-order valence-corrected chi connectivity index (χ2v) is 10.5. The van der Waals surface area contributed by atoms with E-state index in [1.54, 1.807) is 4.90 Å². The molecule has 178 valence electrons. The first-order valence-corrected chi connectivity index (χ1v) is 13.1. The van der Waals surface area contributed by atoms with Gasteiger partial charge in [0.25, 0.3) is 5.91 Å². The molecule has 5 heteroatoms. The van der Waals surface area contributed by atoms with E-state index in [0.29, 0.717) is 0 Å². The van der Waals surface area contributed by atoms with Crippen molar-refractivity contribution in [3.63, 3.8) is 0 Å². The lowest BCUT2D eigenvalue weighted by Crippen LogP contribution is -2.40. The van der Waals surface area contributed by atoms with E-state index in [1.807, 2.05) is 30.5 Å². The van der Waals surface area contributed by atoms with Gasteiger partial charge in [0.15, 0.2) is 0 Å². The first-order chi connectivity index (χ1) is 17.0. The maximum absolute atomic E-state index is 13.4. The van der Waals surface area contributed by atoms with Crippen molar-refractivity contribution in [2.45, 2.75) is 25.2 Å². The predicted molar refractivity (Wildman–Crippen MR) is 149 cm³/mol. The fourth-order valence-electron chi connectivity index (χ4n) is 5.50. The molecule has 0 bridgehead atoms. The molecule has 3 aromatic carbocycles. The van der Waals surface area contributed by atoms with E-state index < -0.39 is 0 Å². The molecule has 0 radical (unpaired) electrons. The highest BCUT2D eigenvalue weighted by atomic mass is 127. The van der Waals surface area contributed by atoms with Crippen LogP contribution >= 0.6 is 22.6 Å². The monoisotopic (exact) mass is 575 g/mol. The number of carbonyl (C=O) groups is 1. The van der Waals surface area contributed by atoms with Crippen LogP contribution in [0, 0.1) is 9.49 Å². The van der Waals surface area contributed by atoms with Crippen LogP contribution in [0.5, 0.6) is 0 Å². The van der Waals surface area contributed by atoms with Crippen LogP contribution in [0.3, 0.4) is 0 Å². The molecule has 1 fully saturated rings. The lowest BCUT2D eigenvalue weighted by Gasteiger charge is -2.35. The van der Waals surface area contributed by atoms with Gasteiger partial charge in [-0.05, 0) is 65.5 Å². The molecule has 4 nitrogen and oxygen atoms in total. The van der Waals surface area contributed by atoms with Crippen molar-refractivity contribution in [2.75, 3.05) is 14.1 Å². The summed E-state index contributed by atoms with van der Waals surface area (Å²) in [5.74, 6) is 0.216. The van der Waals surface area contributed by atoms with Crippen LogP contribution < -0.4 is 0 Å². The van der Waals surface area contributed by atoms with Gasteiger partial charge in [-0.25, -0.2) is 0 Å². The Bertz CT molecular complexity index is 1210. The summed E-state index contributed by atoms with van der Waals surface area (Å²) in [5.41, 5.74) is 4.53. The zero-order valence-corrected chi connectivity index (χ0v) is 22.4. The molecule has 2 aliphatic heterocycles. The smallest absolute Gasteiger partial charge is 0.262 e. The number of nitrogens with zero attached hydrogens (tertiary/aromatic N) is 3. The third-order valence-electron chi connectivity index (χ3n) is 7.22. The molecule has 5 rings (SSSR count). The lowest BCUT2D eigenvalue weighted by atomic mass is 9.93. The Morgan fingerprint density at radius 1 is 0.771 bits per heavy atom. The van der Waals surface area contributed by atoms with E-state index in [9.17, 15) is 4.79 Å². The first kappa shape index (κ1) is 24.0. The Morgan fingerprint density at radius 2 is 1.29 bits per heavy atom. The maximum Gasteiger partial charge on any atom is 0.262 e. The van der Waals surface area contributed by atoms with Crippen LogP contribution in [-0.4, -0.2) is 40.9 Å². The van der Waals surface area contributed by atoms with Crippen LogP contribution in [0.25, 0.3) is 0 Å². The Morgan fingerprint density at radius 3 is 1.83 bits per heavy atom. The molecule has 1 amide bonds. The predicted octanol–water partition coefficient (Wildman–Crippen LogP) is 6.47. The molecule has 1 saturated heterocycles. The van der Waals surface area contributed by atoms with Crippen LogP contribution in [-0.2, 0) is 0 Å². The number of allylic oxidation sites excluding steroid dienone is 1. The van der Waals surface area contributed by atoms with Crippen molar-refractivity contribution in [1.29, 1.82) is 0 Å². The van der Waals surface area contributed by atoms with Crippen molar-refractivity contribution < 1.29 is 4.79 Å². The van der Waals surface area contributed by atoms with E-state index in [0.717, 1.165) is 9.13 Å². The van der Waals surface area contributed by atoms with E-state index in [1.165, 1.54) is 16.7 Å². The average Bonchev–Trinajstić information content (AvgIpc) is 3.15. The van der Waals surface area contributed by atoms with Gasteiger partial charge in [-0.15, -0.1) is 0 Å². The van der Waals surface area contributed by atoms with Gasteiger partial charge in [-0.3, -0.25) is 19.5 Å². The van der Waals surface area contributed by atoms with Crippen LogP contribution in [0.4, 0.5) is 0 Å². The minimum absolute atomic E-state index is 0.00169. The van der Waals surface area contributed by atoms with Crippen LogP contribution in [0.2, 0.25) is 0 Å². The van der Waals surface area contributed by atoms with E-state index in [4.69, 9.17) is 0 Å². The molecule has 0 aromatic heterocycles. The van der Waals surface area contributed by atoms with Gasteiger partial charge >= 0.3 is 0 Å². The molecular weight excluding hydrogens is 545 g/mol. The quantitative estimate of drug-likeness (QED) is 0.334. The SMILES string of the molecule is C[C@@H]1C=CN(C(=O)c2ccccc2I)C=C1C1N(C)[C@@H](c2ccccc2)[C@H](c2ccccc2)N1C. The Balaban J connectivity index is 1.55. The summed E-state index contributed by atoms with van der Waals surface area (Å²) in [4.78, 5) is 20.1. The number of benzene rings is 3. The molecule has 2 aliphatic rings. The number of carbonyl (C=O) groups excluding carboxylic acids is 1. The third kappa shape index (κ3) is 4.48. The van der Waals surface area contributed by atoms with Gasteiger partial charge in [-0.2, -0.15) is 0 Å². The second kappa shape index (κ2) is 10.1. The Kier molecular flexibility index (Phi) is 6.91. The minimum Gasteiger partial charge on any atom is -0.291 e. The topological polar surface area (TPSA) is 26.8 Å². The zero-order chi connectivity index (χ0) is 24.5. The number of amides is 1. The average molecular weight is 575 g/mol. The highest BCUT2D eigenvalue weighted by Gasteiger charge is 2.47. The summed E-state index contributed by atoms with van der Waals surface area (Å²) in [6.07, 6.45) is 6.16. The normalized spacial score (nSPS) is 23.5. The standard InChI is InChI=1S/C30H30IN3O/c1-21-18-19-34(30(35)24-16-10-11-17-26(24)31)20-25(21)29-32(2)27(22-12-6-4-7-13-22)28(33(29)3)23-14-8-5-9-15-23/h4-21,27-29H,1-3H3/t21-,27+,28+/m1/s1. The molecule has 0 unspecified atom stereocenters. The number of halogens is 1. The highest BCUT2D eigenvalue weighted by Crippen LogP contribution is 2.48. The minimum atomic E-state index is -0.00169. The molecule has 35 heavy (non-hydrogen) atoms. The summed E-state index contributed by atoms with van der Waals surface area (Å²) < 4.78 is 0.959. The molecule has 0 aliphatic carbocycles.